The number of carbonyl (C=O) groups excluding carboxylic acids is 1. The number of fused-ring (bicyclic) bond motifs is 1. The van der Waals surface area contributed by atoms with Crippen LogP contribution in [0.25, 0.3) is 0 Å². The van der Waals surface area contributed by atoms with Crippen molar-refractivity contribution in [2.75, 3.05) is 0 Å². The van der Waals surface area contributed by atoms with E-state index in [1.54, 1.807) is 24.3 Å². The second-order valence-corrected chi connectivity index (χ2v) is 10.2. The van der Waals surface area contributed by atoms with Gasteiger partial charge in [0, 0.05) is 11.5 Å². The molecule has 1 aliphatic carbocycles. The van der Waals surface area contributed by atoms with Crippen LogP contribution in [0.2, 0.25) is 0 Å². The number of aryl methyl sites for hydroxylation is 1. The minimum absolute atomic E-state index is 0.0284. The lowest BCUT2D eigenvalue weighted by Crippen LogP contribution is -2.41. The average molecular weight is 362 g/mol. The van der Waals surface area contributed by atoms with Gasteiger partial charge in [-0.25, -0.2) is 12.7 Å². The summed E-state index contributed by atoms with van der Waals surface area (Å²) >= 11 is 0. The van der Waals surface area contributed by atoms with E-state index in [1.807, 2.05) is 33.8 Å². The molecule has 2 fully saturated rings. The Labute approximate surface area is 151 Å². The van der Waals surface area contributed by atoms with Gasteiger partial charge in [0.15, 0.2) is 0 Å². The van der Waals surface area contributed by atoms with Crippen molar-refractivity contribution in [3.8, 4) is 0 Å². The van der Waals surface area contributed by atoms with Crippen LogP contribution in [0.15, 0.2) is 40.8 Å². The SMILES string of the molecule is Cc1ccc(S(=O)(=O)N2C(=O)/C(=C/C(C)(C)C)[C@@H]3CCCC[C@@H]32)cc1. The summed E-state index contributed by atoms with van der Waals surface area (Å²) < 4.78 is 27.6. The zero-order valence-corrected chi connectivity index (χ0v) is 16.3. The van der Waals surface area contributed by atoms with Gasteiger partial charge in [-0.15, -0.1) is 0 Å². The van der Waals surface area contributed by atoms with Gasteiger partial charge >= 0.3 is 0 Å². The fourth-order valence-corrected chi connectivity index (χ4v) is 5.58. The van der Waals surface area contributed by atoms with Crippen LogP contribution in [-0.4, -0.2) is 24.7 Å². The Morgan fingerprint density at radius 1 is 1.08 bits per heavy atom. The Morgan fingerprint density at radius 3 is 2.28 bits per heavy atom. The fraction of sp³-hybridized carbons (Fsp3) is 0.550. The molecule has 1 saturated heterocycles. The molecule has 1 amide bonds. The summed E-state index contributed by atoms with van der Waals surface area (Å²) in [7, 11) is -3.82. The van der Waals surface area contributed by atoms with E-state index in [2.05, 4.69) is 0 Å². The first-order chi connectivity index (χ1) is 11.6. The second kappa shape index (κ2) is 6.27. The fourth-order valence-electron chi connectivity index (χ4n) is 3.94. The van der Waals surface area contributed by atoms with Crippen LogP contribution in [0.3, 0.4) is 0 Å². The summed E-state index contributed by atoms with van der Waals surface area (Å²) in [5.41, 5.74) is 1.53. The van der Waals surface area contributed by atoms with Crippen LogP contribution in [0, 0.1) is 18.3 Å². The maximum absolute atomic E-state index is 13.2. The molecular weight excluding hydrogens is 334 g/mol. The van der Waals surface area contributed by atoms with E-state index in [4.69, 9.17) is 0 Å². The van der Waals surface area contributed by atoms with E-state index in [9.17, 15) is 13.2 Å². The molecule has 2 aliphatic rings. The van der Waals surface area contributed by atoms with Crippen LogP contribution in [-0.2, 0) is 14.8 Å². The zero-order chi connectivity index (χ0) is 18.4. The maximum atomic E-state index is 13.2. The number of nitrogens with zero attached hydrogens (tertiary/aromatic N) is 1. The van der Waals surface area contributed by atoms with E-state index in [-0.39, 0.29) is 28.2 Å². The molecule has 3 rings (SSSR count). The van der Waals surface area contributed by atoms with Crippen molar-refractivity contribution in [2.24, 2.45) is 11.3 Å². The van der Waals surface area contributed by atoms with Crippen molar-refractivity contribution >= 4 is 15.9 Å². The Kier molecular flexibility index (Phi) is 4.56. The highest BCUT2D eigenvalue weighted by Crippen LogP contribution is 2.44. The summed E-state index contributed by atoms with van der Waals surface area (Å²) in [5.74, 6) is -0.298. The lowest BCUT2D eigenvalue weighted by atomic mass is 9.80. The van der Waals surface area contributed by atoms with Gasteiger partial charge in [-0.05, 0) is 37.3 Å². The van der Waals surface area contributed by atoms with Crippen molar-refractivity contribution in [3.05, 3.63) is 41.5 Å². The number of hydrogen-bond donors (Lipinski definition) is 0. The highest BCUT2D eigenvalue weighted by Gasteiger charge is 2.50. The first-order valence-corrected chi connectivity index (χ1v) is 10.4. The molecule has 0 spiro atoms. The van der Waals surface area contributed by atoms with Gasteiger partial charge in [-0.2, -0.15) is 0 Å². The molecule has 5 heteroatoms. The minimum atomic E-state index is -3.82. The third-order valence-electron chi connectivity index (χ3n) is 5.04. The summed E-state index contributed by atoms with van der Waals surface area (Å²) in [6.07, 6.45) is 5.63. The zero-order valence-electron chi connectivity index (χ0n) is 15.5. The molecule has 136 valence electrons. The summed E-state index contributed by atoms with van der Waals surface area (Å²) in [4.78, 5) is 13.3. The van der Waals surface area contributed by atoms with Gasteiger partial charge in [-0.3, -0.25) is 4.79 Å². The largest absolute Gasteiger partial charge is 0.268 e. The van der Waals surface area contributed by atoms with Gasteiger partial charge in [0.2, 0.25) is 0 Å². The minimum Gasteiger partial charge on any atom is -0.268 e. The van der Waals surface area contributed by atoms with E-state index in [1.165, 1.54) is 4.31 Å². The topological polar surface area (TPSA) is 54.5 Å². The smallest absolute Gasteiger partial charge is 0.267 e. The molecule has 0 unspecified atom stereocenters. The Hall–Kier alpha value is -1.62. The number of carbonyl (C=O) groups is 1. The normalized spacial score (nSPS) is 26.2. The molecule has 1 heterocycles. The predicted octanol–water partition coefficient (Wildman–Crippen LogP) is 4.06. The number of allylic oxidation sites excluding steroid dienone is 1. The lowest BCUT2D eigenvalue weighted by Gasteiger charge is -2.30. The van der Waals surface area contributed by atoms with E-state index < -0.39 is 10.0 Å². The monoisotopic (exact) mass is 361 g/mol. The number of sulfonamides is 1. The van der Waals surface area contributed by atoms with Gasteiger partial charge in [0.25, 0.3) is 15.9 Å². The average Bonchev–Trinajstić information content (AvgIpc) is 2.79. The first kappa shape index (κ1) is 18.2. The molecule has 25 heavy (non-hydrogen) atoms. The van der Waals surface area contributed by atoms with Gasteiger partial charge in [0.1, 0.15) is 0 Å². The van der Waals surface area contributed by atoms with E-state index in [0.717, 1.165) is 31.2 Å². The molecule has 1 aromatic carbocycles. The third-order valence-corrected chi connectivity index (χ3v) is 6.87. The number of amides is 1. The Morgan fingerprint density at radius 2 is 1.68 bits per heavy atom. The molecule has 1 aromatic rings. The maximum Gasteiger partial charge on any atom is 0.267 e. The summed E-state index contributed by atoms with van der Waals surface area (Å²) in [5, 5.41) is 0. The highest BCUT2D eigenvalue weighted by molar-refractivity contribution is 7.89. The van der Waals surface area contributed by atoms with Gasteiger partial charge in [-0.1, -0.05) is 57.4 Å². The van der Waals surface area contributed by atoms with Crippen molar-refractivity contribution in [1.29, 1.82) is 0 Å². The molecule has 1 aliphatic heterocycles. The van der Waals surface area contributed by atoms with Crippen LogP contribution >= 0.6 is 0 Å². The molecule has 0 radical (unpaired) electrons. The standard InChI is InChI=1S/C20H27NO3S/c1-14-9-11-15(12-10-14)25(23,24)21-18-8-6-5-7-16(18)17(19(21)22)13-20(2,3)4/h9-13,16,18H,5-8H2,1-4H3/b17-13+/t16-,18-/m0/s1. The summed E-state index contributed by atoms with van der Waals surface area (Å²) in [6, 6.07) is 6.51. The molecule has 0 bridgehead atoms. The van der Waals surface area contributed by atoms with Crippen LogP contribution < -0.4 is 0 Å². The predicted molar refractivity (Wildman–Crippen MR) is 98.5 cm³/mol. The molecular formula is C20H27NO3S. The number of benzene rings is 1. The Balaban J connectivity index is 2.07. The van der Waals surface area contributed by atoms with E-state index >= 15 is 0 Å². The molecule has 2 atom stereocenters. The number of hydrogen-bond acceptors (Lipinski definition) is 3. The lowest BCUT2D eigenvalue weighted by molar-refractivity contribution is -0.121. The van der Waals surface area contributed by atoms with Crippen LogP contribution in [0.5, 0.6) is 0 Å². The van der Waals surface area contributed by atoms with Crippen molar-refractivity contribution in [3.63, 3.8) is 0 Å². The summed E-state index contributed by atoms with van der Waals surface area (Å²) in [6.45, 7) is 8.05. The molecule has 4 nitrogen and oxygen atoms in total. The molecule has 0 aromatic heterocycles. The Bertz CT molecular complexity index is 800. The third kappa shape index (κ3) is 3.39. The van der Waals surface area contributed by atoms with E-state index in [0.29, 0.717) is 5.57 Å². The first-order valence-electron chi connectivity index (χ1n) is 8.99. The van der Waals surface area contributed by atoms with Crippen molar-refractivity contribution < 1.29 is 13.2 Å². The molecule has 1 saturated carbocycles. The van der Waals surface area contributed by atoms with Gasteiger partial charge in [0.05, 0.1) is 10.9 Å². The quantitative estimate of drug-likeness (QED) is 0.747. The van der Waals surface area contributed by atoms with Crippen LogP contribution in [0.4, 0.5) is 0 Å². The second-order valence-electron chi connectivity index (χ2n) is 8.34. The molecule has 0 N–H and O–H groups in total. The number of rotatable bonds is 2. The van der Waals surface area contributed by atoms with Crippen molar-refractivity contribution in [2.45, 2.75) is 64.3 Å². The van der Waals surface area contributed by atoms with Gasteiger partial charge < -0.3 is 0 Å². The highest BCUT2D eigenvalue weighted by atomic mass is 32.2. The van der Waals surface area contributed by atoms with Crippen LogP contribution in [0.1, 0.15) is 52.0 Å². The van der Waals surface area contributed by atoms with Crippen molar-refractivity contribution in [1.82, 2.24) is 4.31 Å².